The Balaban J connectivity index is 1.79. The Morgan fingerprint density at radius 3 is 2.57 bits per heavy atom. The van der Waals surface area contributed by atoms with Crippen LogP contribution in [0.5, 0.6) is 0 Å². The highest BCUT2D eigenvalue weighted by Gasteiger charge is 2.21. The van der Waals surface area contributed by atoms with Gasteiger partial charge in [-0.25, -0.2) is 4.98 Å². The maximum Gasteiger partial charge on any atom is 0.259 e. The van der Waals surface area contributed by atoms with Gasteiger partial charge in [-0.2, -0.15) is 0 Å². The molecule has 0 aliphatic carbocycles. The largest absolute Gasteiger partial charge is 0.335 e. The number of nitrogens with one attached hydrogen (secondary N) is 1. The van der Waals surface area contributed by atoms with Crippen molar-refractivity contribution in [3.63, 3.8) is 0 Å². The molecule has 0 aliphatic heterocycles. The maximum atomic E-state index is 13.1. The number of thiophene rings is 1. The van der Waals surface area contributed by atoms with E-state index in [1.807, 2.05) is 27.7 Å². The summed E-state index contributed by atoms with van der Waals surface area (Å²) in [5.41, 5.74) is 3.12. The number of carbonyl (C=O) groups excluding carboxylic acids is 1. The minimum absolute atomic E-state index is 0.257. The van der Waals surface area contributed by atoms with Gasteiger partial charge in [0.05, 0.1) is 22.3 Å². The molecule has 4 rings (SSSR count). The summed E-state index contributed by atoms with van der Waals surface area (Å²) in [6, 6.07) is 3.86. The number of carbonyl (C=O) groups is 1. The quantitative estimate of drug-likeness (QED) is 0.500. The Bertz CT molecular complexity index is 1190. The van der Waals surface area contributed by atoms with Crippen LogP contribution in [0.25, 0.3) is 22.4 Å². The maximum absolute atomic E-state index is 13.1. The first-order valence-corrected chi connectivity index (χ1v) is 10.5. The number of fused-ring (bicyclic) bond motifs is 1. The molecule has 0 spiro atoms. The van der Waals surface area contributed by atoms with Gasteiger partial charge in [0.2, 0.25) is 5.13 Å². The molecule has 0 fully saturated rings. The van der Waals surface area contributed by atoms with Gasteiger partial charge in [-0.15, -0.1) is 21.5 Å². The van der Waals surface area contributed by atoms with E-state index in [1.54, 1.807) is 24.3 Å². The van der Waals surface area contributed by atoms with Crippen molar-refractivity contribution in [2.24, 2.45) is 0 Å². The average molecular weight is 414 g/mol. The second-order valence-corrected chi connectivity index (χ2v) is 9.35. The van der Waals surface area contributed by atoms with Crippen LogP contribution in [0.3, 0.4) is 0 Å². The lowest BCUT2D eigenvalue weighted by Crippen LogP contribution is -2.13. The molecule has 0 saturated carbocycles. The monoisotopic (exact) mass is 413 g/mol. The molecule has 1 amide bonds. The van der Waals surface area contributed by atoms with Crippen molar-refractivity contribution in [3.8, 4) is 11.3 Å². The van der Waals surface area contributed by atoms with E-state index in [-0.39, 0.29) is 11.8 Å². The van der Waals surface area contributed by atoms with Gasteiger partial charge < -0.3 is 4.52 Å². The Morgan fingerprint density at radius 1 is 1.14 bits per heavy atom. The van der Waals surface area contributed by atoms with Crippen molar-refractivity contribution in [2.45, 2.75) is 40.5 Å². The van der Waals surface area contributed by atoms with Crippen LogP contribution in [-0.2, 0) is 0 Å². The van der Waals surface area contributed by atoms with Gasteiger partial charge in [-0.1, -0.05) is 30.3 Å². The smallest absolute Gasteiger partial charge is 0.259 e. The third-order valence-corrected chi connectivity index (χ3v) is 6.44. The zero-order valence-electron chi connectivity index (χ0n) is 16.2. The Labute approximate surface area is 169 Å². The van der Waals surface area contributed by atoms with E-state index < -0.39 is 0 Å². The summed E-state index contributed by atoms with van der Waals surface area (Å²) in [6.45, 7) is 9.96. The molecule has 4 aromatic heterocycles. The number of anilines is 1. The number of nitrogens with zero attached hydrogens (tertiary/aromatic N) is 4. The lowest BCUT2D eigenvalue weighted by atomic mass is 10.1. The Hall–Kier alpha value is -2.65. The molecule has 0 saturated heterocycles. The molecule has 7 nitrogen and oxygen atoms in total. The number of aromatic nitrogens is 4. The number of rotatable bonds is 4. The van der Waals surface area contributed by atoms with E-state index in [2.05, 4.69) is 31.7 Å². The molecule has 4 aromatic rings. The molecule has 9 heteroatoms. The summed E-state index contributed by atoms with van der Waals surface area (Å²) < 4.78 is 5.37. The third-order valence-electron chi connectivity index (χ3n) is 4.33. The van der Waals surface area contributed by atoms with Gasteiger partial charge in [0.15, 0.2) is 0 Å². The van der Waals surface area contributed by atoms with Crippen molar-refractivity contribution in [3.05, 3.63) is 38.2 Å². The van der Waals surface area contributed by atoms with E-state index in [1.165, 1.54) is 16.2 Å². The highest BCUT2D eigenvalue weighted by molar-refractivity contribution is 7.15. The molecule has 0 atom stereocenters. The molecule has 0 radical (unpaired) electrons. The normalized spacial score (nSPS) is 11.5. The van der Waals surface area contributed by atoms with E-state index in [9.17, 15) is 4.79 Å². The molecule has 1 N–H and O–H groups in total. The first-order valence-electron chi connectivity index (χ1n) is 8.82. The fraction of sp³-hybridized carbons (Fsp3) is 0.316. The van der Waals surface area contributed by atoms with Gasteiger partial charge in [-0.3, -0.25) is 10.1 Å². The van der Waals surface area contributed by atoms with Crippen molar-refractivity contribution in [2.75, 3.05) is 5.32 Å². The zero-order chi connectivity index (χ0) is 20.0. The lowest BCUT2D eigenvalue weighted by molar-refractivity contribution is 0.102. The second-order valence-electron chi connectivity index (χ2n) is 6.88. The number of hydrogen-bond donors (Lipinski definition) is 1. The fourth-order valence-corrected chi connectivity index (χ4v) is 4.65. The highest BCUT2D eigenvalue weighted by atomic mass is 32.1. The molecule has 0 bridgehead atoms. The molecule has 0 unspecified atom stereocenters. The van der Waals surface area contributed by atoms with Crippen LogP contribution in [0.2, 0.25) is 0 Å². The van der Waals surface area contributed by atoms with Crippen molar-refractivity contribution < 1.29 is 9.32 Å². The molecule has 144 valence electrons. The predicted octanol–water partition coefficient (Wildman–Crippen LogP) is 5.10. The van der Waals surface area contributed by atoms with Crippen LogP contribution >= 0.6 is 22.7 Å². The van der Waals surface area contributed by atoms with Crippen LogP contribution in [0.1, 0.15) is 50.6 Å². The van der Waals surface area contributed by atoms with Crippen LogP contribution in [0.15, 0.2) is 16.7 Å². The number of hydrogen-bond acceptors (Lipinski definition) is 8. The molecule has 28 heavy (non-hydrogen) atoms. The van der Waals surface area contributed by atoms with Crippen LogP contribution in [0, 0.1) is 20.8 Å². The topological polar surface area (TPSA) is 93.8 Å². The number of amides is 1. The van der Waals surface area contributed by atoms with Gasteiger partial charge >= 0.3 is 0 Å². The van der Waals surface area contributed by atoms with E-state index in [0.717, 1.165) is 15.4 Å². The summed E-state index contributed by atoms with van der Waals surface area (Å²) >= 11 is 3.07. The fourth-order valence-electron chi connectivity index (χ4n) is 2.98. The van der Waals surface area contributed by atoms with Crippen LogP contribution in [-0.4, -0.2) is 26.2 Å². The van der Waals surface area contributed by atoms with Crippen molar-refractivity contribution in [1.29, 1.82) is 0 Å². The van der Waals surface area contributed by atoms with Crippen LogP contribution < -0.4 is 5.32 Å². The van der Waals surface area contributed by atoms with Gasteiger partial charge in [0.25, 0.3) is 11.6 Å². The van der Waals surface area contributed by atoms with Crippen molar-refractivity contribution in [1.82, 2.24) is 20.3 Å². The summed E-state index contributed by atoms with van der Waals surface area (Å²) in [4.78, 5) is 20.0. The first kappa shape index (κ1) is 18.7. The molecule has 0 aromatic carbocycles. The SMILES string of the molecule is Cc1cc(-c2cc(C(=O)Nc3nnc(C(C)C)s3)c3c(C)noc3n2)c(C)s1. The predicted molar refractivity (Wildman–Crippen MR) is 111 cm³/mol. The molecular weight excluding hydrogens is 394 g/mol. The van der Waals surface area contributed by atoms with E-state index in [0.29, 0.717) is 33.2 Å². The molecule has 0 aliphatic rings. The highest BCUT2D eigenvalue weighted by Crippen LogP contribution is 2.33. The van der Waals surface area contributed by atoms with E-state index >= 15 is 0 Å². The van der Waals surface area contributed by atoms with Gasteiger partial charge in [0.1, 0.15) is 5.01 Å². The molecule has 4 heterocycles. The minimum atomic E-state index is -0.281. The number of aryl methyl sites for hydroxylation is 3. The second kappa shape index (κ2) is 7.06. The standard InChI is InChI=1S/C19H19N5O2S2/c1-8(2)18-22-23-19(28-18)21-16(25)13-7-14(12-6-9(3)27-11(12)5)20-17-15(13)10(4)24-26-17/h6-8H,1-5H3,(H,21,23,25). The summed E-state index contributed by atoms with van der Waals surface area (Å²) in [7, 11) is 0. The summed E-state index contributed by atoms with van der Waals surface area (Å²) in [5, 5.41) is 17.0. The van der Waals surface area contributed by atoms with Gasteiger partial charge in [0, 0.05) is 21.2 Å². The minimum Gasteiger partial charge on any atom is -0.335 e. The van der Waals surface area contributed by atoms with Crippen molar-refractivity contribution >= 4 is 44.8 Å². The van der Waals surface area contributed by atoms with E-state index in [4.69, 9.17) is 4.52 Å². The Morgan fingerprint density at radius 2 is 1.93 bits per heavy atom. The summed E-state index contributed by atoms with van der Waals surface area (Å²) in [6.07, 6.45) is 0. The lowest BCUT2D eigenvalue weighted by Gasteiger charge is -2.06. The van der Waals surface area contributed by atoms with Crippen LogP contribution in [0.4, 0.5) is 5.13 Å². The van der Waals surface area contributed by atoms with Gasteiger partial charge in [-0.05, 0) is 32.9 Å². The number of pyridine rings is 1. The summed E-state index contributed by atoms with van der Waals surface area (Å²) in [5.74, 6) is -0.0245. The Kier molecular flexibility index (Phi) is 4.72. The zero-order valence-corrected chi connectivity index (χ0v) is 17.8. The third kappa shape index (κ3) is 3.31. The molecular formula is C19H19N5O2S2. The average Bonchev–Trinajstić information content (AvgIpc) is 3.34. The first-order chi connectivity index (χ1) is 13.3.